The molecule has 0 unspecified atom stereocenters. The monoisotopic (exact) mass is 394 g/mol. The number of aryl methyl sites for hydroxylation is 1. The highest BCUT2D eigenvalue weighted by atomic mass is 35.5. The van der Waals surface area contributed by atoms with E-state index in [1.54, 1.807) is 35.8 Å². The number of para-hydroxylation sites is 1. The molecule has 0 spiro atoms. The summed E-state index contributed by atoms with van der Waals surface area (Å²) in [6.45, 7) is 1.83. The van der Waals surface area contributed by atoms with Crippen molar-refractivity contribution in [3.05, 3.63) is 57.6 Å². The zero-order valence-corrected chi connectivity index (χ0v) is 15.2. The van der Waals surface area contributed by atoms with Crippen LogP contribution >= 0.6 is 34.5 Å². The number of nitrogens with one attached hydrogen (secondary N) is 2. The molecule has 2 N–H and O–H groups in total. The molecule has 0 atom stereocenters. The Morgan fingerprint density at radius 1 is 1.16 bits per heavy atom. The van der Waals surface area contributed by atoms with Crippen molar-refractivity contribution in [3.63, 3.8) is 0 Å². The largest absolute Gasteiger partial charge is 0.419 e. The number of halogens is 2. The molecule has 9 heteroatoms. The van der Waals surface area contributed by atoms with Crippen LogP contribution in [0.15, 0.2) is 41.9 Å². The number of aromatic nitrogens is 2. The van der Waals surface area contributed by atoms with E-state index in [0.717, 1.165) is 5.69 Å². The lowest BCUT2D eigenvalue weighted by atomic mass is 10.3. The van der Waals surface area contributed by atoms with Gasteiger partial charge in [0.15, 0.2) is 5.00 Å². The number of rotatable bonds is 4. The van der Waals surface area contributed by atoms with Crippen molar-refractivity contribution in [3.8, 4) is 5.88 Å². The number of hydrogen-bond donors (Lipinski definition) is 2. The van der Waals surface area contributed by atoms with Crippen molar-refractivity contribution in [1.29, 1.82) is 0 Å². The summed E-state index contributed by atoms with van der Waals surface area (Å²) in [5.74, 6) is 0.509. The van der Waals surface area contributed by atoms with Crippen LogP contribution in [0, 0.1) is 6.92 Å². The van der Waals surface area contributed by atoms with E-state index in [2.05, 4.69) is 20.6 Å². The molecular weight excluding hydrogens is 383 g/mol. The zero-order valence-electron chi connectivity index (χ0n) is 12.9. The van der Waals surface area contributed by atoms with E-state index in [-0.39, 0.29) is 5.88 Å². The maximum absolute atomic E-state index is 12.0. The Kier molecular flexibility index (Phi) is 5.37. The molecule has 0 radical (unpaired) electrons. The van der Waals surface area contributed by atoms with Gasteiger partial charge in [-0.1, -0.05) is 35.3 Å². The SMILES string of the molecule is Cc1cccc(NC(=O)Oc2ncsc2Nc2c(Cl)cccc2Cl)n1. The van der Waals surface area contributed by atoms with Gasteiger partial charge >= 0.3 is 6.09 Å². The van der Waals surface area contributed by atoms with E-state index in [1.807, 2.05) is 13.0 Å². The number of pyridine rings is 1. The van der Waals surface area contributed by atoms with Gasteiger partial charge < -0.3 is 10.1 Å². The van der Waals surface area contributed by atoms with Gasteiger partial charge in [0.1, 0.15) is 5.82 Å². The Balaban J connectivity index is 1.72. The highest BCUT2D eigenvalue weighted by molar-refractivity contribution is 7.14. The number of carbonyl (C=O) groups is 1. The smallest absolute Gasteiger partial charge is 0.388 e. The average Bonchev–Trinajstić information content (AvgIpc) is 2.98. The predicted octanol–water partition coefficient (Wildman–Crippen LogP) is 5.51. The molecule has 3 aromatic rings. The highest BCUT2D eigenvalue weighted by Gasteiger charge is 2.15. The molecule has 2 aromatic heterocycles. The van der Waals surface area contributed by atoms with Gasteiger partial charge in [0.2, 0.25) is 0 Å². The van der Waals surface area contributed by atoms with Crippen molar-refractivity contribution < 1.29 is 9.53 Å². The quantitative estimate of drug-likeness (QED) is 0.609. The van der Waals surface area contributed by atoms with Crippen LogP contribution in [0.25, 0.3) is 0 Å². The van der Waals surface area contributed by atoms with Crippen LogP contribution in [-0.4, -0.2) is 16.1 Å². The Labute approximate surface area is 157 Å². The van der Waals surface area contributed by atoms with E-state index in [1.165, 1.54) is 11.3 Å². The average molecular weight is 395 g/mol. The maximum atomic E-state index is 12.0. The van der Waals surface area contributed by atoms with Crippen LogP contribution in [0.1, 0.15) is 5.69 Å². The number of thiazole rings is 1. The van der Waals surface area contributed by atoms with Gasteiger partial charge in [-0.25, -0.2) is 14.8 Å². The summed E-state index contributed by atoms with van der Waals surface area (Å²) in [5, 5.41) is 6.98. The molecule has 1 amide bonds. The van der Waals surface area contributed by atoms with E-state index in [4.69, 9.17) is 27.9 Å². The molecule has 0 saturated heterocycles. The van der Waals surface area contributed by atoms with Crippen molar-refractivity contribution in [2.24, 2.45) is 0 Å². The third-order valence-corrected chi connectivity index (χ3v) is 4.40. The Hall–Kier alpha value is -2.35. The van der Waals surface area contributed by atoms with E-state index >= 15 is 0 Å². The molecule has 0 aliphatic carbocycles. The van der Waals surface area contributed by atoms with E-state index in [0.29, 0.717) is 26.6 Å². The Morgan fingerprint density at radius 3 is 2.60 bits per heavy atom. The number of benzene rings is 1. The molecule has 0 aliphatic heterocycles. The van der Waals surface area contributed by atoms with Crippen LogP contribution in [0.2, 0.25) is 10.0 Å². The molecule has 0 fully saturated rings. The number of hydrogen-bond acceptors (Lipinski definition) is 6. The lowest BCUT2D eigenvalue weighted by Crippen LogP contribution is -2.18. The van der Waals surface area contributed by atoms with Gasteiger partial charge in [0.25, 0.3) is 5.88 Å². The molecule has 6 nitrogen and oxygen atoms in total. The molecular formula is C16H12Cl2N4O2S. The molecule has 3 rings (SSSR count). The van der Waals surface area contributed by atoms with Gasteiger partial charge in [0, 0.05) is 5.69 Å². The van der Waals surface area contributed by atoms with Crippen LogP contribution in [0.3, 0.4) is 0 Å². The minimum absolute atomic E-state index is 0.117. The summed E-state index contributed by atoms with van der Waals surface area (Å²) in [6, 6.07) is 10.4. The van der Waals surface area contributed by atoms with Crippen LogP contribution in [-0.2, 0) is 0 Å². The number of anilines is 3. The van der Waals surface area contributed by atoms with Crippen LogP contribution in [0.4, 0.5) is 21.3 Å². The minimum atomic E-state index is -0.697. The van der Waals surface area contributed by atoms with Gasteiger partial charge in [-0.2, -0.15) is 0 Å². The first-order valence-corrected chi connectivity index (χ1v) is 8.73. The number of carbonyl (C=O) groups excluding carboxylic acids is 1. The van der Waals surface area contributed by atoms with Crippen LogP contribution < -0.4 is 15.4 Å². The topological polar surface area (TPSA) is 76.1 Å². The Morgan fingerprint density at radius 2 is 1.88 bits per heavy atom. The summed E-state index contributed by atoms with van der Waals surface area (Å²) in [4.78, 5) is 20.3. The predicted molar refractivity (Wildman–Crippen MR) is 100 cm³/mol. The van der Waals surface area contributed by atoms with Crippen molar-refractivity contribution >= 4 is 57.1 Å². The van der Waals surface area contributed by atoms with Crippen molar-refractivity contribution in [1.82, 2.24) is 9.97 Å². The van der Waals surface area contributed by atoms with Gasteiger partial charge in [-0.05, 0) is 31.2 Å². The third-order valence-electron chi connectivity index (χ3n) is 3.04. The third kappa shape index (κ3) is 4.39. The fourth-order valence-electron chi connectivity index (χ4n) is 1.95. The summed E-state index contributed by atoms with van der Waals surface area (Å²) < 4.78 is 5.24. The number of nitrogens with zero attached hydrogens (tertiary/aromatic N) is 2. The molecule has 0 saturated carbocycles. The lowest BCUT2D eigenvalue weighted by Gasteiger charge is -2.10. The summed E-state index contributed by atoms with van der Waals surface area (Å²) in [7, 11) is 0. The zero-order chi connectivity index (χ0) is 17.8. The molecule has 0 aliphatic rings. The molecule has 2 heterocycles. The Bertz CT molecular complexity index is 896. The standard InChI is InChI=1S/C16H12Cl2N4O2S/c1-9-4-2-7-12(20-9)21-16(23)24-14-15(25-8-19-14)22-13-10(17)5-3-6-11(13)18/h2-8,22H,1H3,(H,20,21,23). The number of amides is 1. The van der Waals surface area contributed by atoms with Gasteiger partial charge in [0.05, 0.1) is 21.2 Å². The van der Waals surface area contributed by atoms with Gasteiger partial charge in [-0.3, -0.25) is 5.32 Å². The van der Waals surface area contributed by atoms with Gasteiger partial charge in [-0.15, -0.1) is 11.3 Å². The van der Waals surface area contributed by atoms with Crippen molar-refractivity contribution in [2.45, 2.75) is 6.92 Å². The molecule has 0 bridgehead atoms. The maximum Gasteiger partial charge on any atom is 0.419 e. The first-order valence-electron chi connectivity index (χ1n) is 7.10. The molecule has 25 heavy (non-hydrogen) atoms. The number of ether oxygens (including phenoxy) is 1. The fraction of sp³-hybridized carbons (Fsp3) is 0.0625. The fourth-order valence-corrected chi connectivity index (χ4v) is 3.05. The second-order valence-corrected chi connectivity index (χ2v) is 6.56. The normalized spacial score (nSPS) is 10.4. The summed E-state index contributed by atoms with van der Waals surface area (Å²) in [5.41, 5.74) is 2.84. The van der Waals surface area contributed by atoms with E-state index < -0.39 is 6.09 Å². The minimum Gasteiger partial charge on any atom is -0.388 e. The first kappa shape index (κ1) is 17.5. The summed E-state index contributed by atoms with van der Waals surface area (Å²) >= 11 is 13.5. The second-order valence-electron chi connectivity index (χ2n) is 4.89. The lowest BCUT2D eigenvalue weighted by molar-refractivity contribution is 0.214. The first-order chi connectivity index (χ1) is 12.0. The second kappa shape index (κ2) is 7.69. The van der Waals surface area contributed by atoms with E-state index in [9.17, 15) is 4.79 Å². The molecule has 128 valence electrons. The molecule has 1 aromatic carbocycles. The summed E-state index contributed by atoms with van der Waals surface area (Å²) in [6.07, 6.45) is -0.697. The highest BCUT2D eigenvalue weighted by Crippen LogP contribution is 2.37. The van der Waals surface area contributed by atoms with Crippen molar-refractivity contribution in [2.75, 3.05) is 10.6 Å². The van der Waals surface area contributed by atoms with Crippen LogP contribution in [0.5, 0.6) is 5.88 Å².